The molecule has 0 atom stereocenters. The lowest BCUT2D eigenvalue weighted by Gasteiger charge is -2.20. The summed E-state index contributed by atoms with van der Waals surface area (Å²) < 4.78 is 41.9. The third-order valence-corrected chi connectivity index (χ3v) is 5.54. The van der Waals surface area contributed by atoms with Gasteiger partial charge in [0.1, 0.15) is 11.5 Å². The van der Waals surface area contributed by atoms with E-state index in [1.165, 1.54) is 22.5 Å². The van der Waals surface area contributed by atoms with Gasteiger partial charge in [-0.25, -0.2) is 17.8 Å². The molecule has 5 nitrogen and oxygen atoms in total. The van der Waals surface area contributed by atoms with Gasteiger partial charge >= 0.3 is 0 Å². The van der Waals surface area contributed by atoms with E-state index in [1.807, 2.05) is 28.8 Å². The van der Waals surface area contributed by atoms with Crippen LogP contribution in [0.5, 0.6) is 0 Å². The van der Waals surface area contributed by atoms with E-state index in [2.05, 4.69) is 4.98 Å². The van der Waals surface area contributed by atoms with E-state index >= 15 is 0 Å². The Hall–Kier alpha value is -2.25. The summed E-state index contributed by atoms with van der Waals surface area (Å²) in [4.78, 5) is 4.21. The summed E-state index contributed by atoms with van der Waals surface area (Å²) in [7, 11) is -3.77. The first kappa shape index (κ1) is 15.6. The molecule has 0 fully saturated rings. The maximum Gasteiger partial charge on any atom is 0.243 e. The molecule has 0 saturated heterocycles. The van der Waals surface area contributed by atoms with Gasteiger partial charge in [-0.1, -0.05) is 19.1 Å². The van der Waals surface area contributed by atoms with Crippen molar-refractivity contribution in [3.63, 3.8) is 0 Å². The van der Waals surface area contributed by atoms with Gasteiger partial charge in [0.15, 0.2) is 0 Å². The second-order valence-corrected chi connectivity index (χ2v) is 7.00. The van der Waals surface area contributed by atoms with Crippen LogP contribution in [0.4, 0.5) is 4.39 Å². The molecule has 2 heterocycles. The van der Waals surface area contributed by atoms with Crippen LogP contribution in [0.1, 0.15) is 12.6 Å². The van der Waals surface area contributed by atoms with Gasteiger partial charge in [0.2, 0.25) is 10.0 Å². The van der Waals surface area contributed by atoms with Gasteiger partial charge in [0, 0.05) is 12.7 Å². The minimum atomic E-state index is -3.77. The molecule has 3 rings (SSSR count). The van der Waals surface area contributed by atoms with E-state index in [0.29, 0.717) is 0 Å². The Bertz CT molecular complexity index is 937. The fourth-order valence-electron chi connectivity index (χ4n) is 2.43. The number of nitrogens with zero attached hydrogens (tertiary/aromatic N) is 3. The van der Waals surface area contributed by atoms with Crippen molar-refractivity contribution in [3.8, 4) is 0 Å². The Morgan fingerprint density at radius 1 is 1.22 bits per heavy atom. The first-order valence-electron chi connectivity index (χ1n) is 7.19. The van der Waals surface area contributed by atoms with Crippen LogP contribution in [0.15, 0.2) is 59.8 Å². The van der Waals surface area contributed by atoms with Crippen LogP contribution in [-0.2, 0) is 16.6 Å². The zero-order valence-corrected chi connectivity index (χ0v) is 13.4. The topological polar surface area (TPSA) is 54.7 Å². The summed E-state index contributed by atoms with van der Waals surface area (Å²) >= 11 is 0. The molecule has 0 spiro atoms. The molecule has 0 bridgehead atoms. The molecular formula is C16H16FN3O2S. The average Bonchev–Trinajstić information content (AvgIpc) is 2.95. The van der Waals surface area contributed by atoms with Crippen LogP contribution in [0.25, 0.3) is 5.65 Å². The number of hydrogen-bond acceptors (Lipinski definition) is 3. The van der Waals surface area contributed by atoms with Gasteiger partial charge in [0.25, 0.3) is 0 Å². The maximum atomic E-state index is 13.4. The molecule has 0 amide bonds. The number of sulfonamides is 1. The van der Waals surface area contributed by atoms with Crippen molar-refractivity contribution in [2.45, 2.75) is 18.4 Å². The van der Waals surface area contributed by atoms with Crippen LogP contribution in [0.3, 0.4) is 0 Å². The van der Waals surface area contributed by atoms with Crippen LogP contribution >= 0.6 is 0 Å². The third-order valence-electron chi connectivity index (χ3n) is 3.62. The molecule has 0 aliphatic rings. The lowest BCUT2D eigenvalue weighted by molar-refractivity contribution is 0.417. The fraction of sp³-hybridized carbons (Fsp3) is 0.188. The largest absolute Gasteiger partial charge is 0.303 e. The van der Waals surface area contributed by atoms with Crippen molar-refractivity contribution in [3.05, 3.63) is 66.4 Å². The monoisotopic (exact) mass is 333 g/mol. The maximum absolute atomic E-state index is 13.4. The highest BCUT2D eigenvalue weighted by atomic mass is 32.2. The predicted octanol–water partition coefficient (Wildman–Crippen LogP) is 2.68. The number of imidazole rings is 1. The number of halogens is 1. The number of fused-ring (bicyclic) bond motifs is 1. The van der Waals surface area contributed by atoms with Crippen LogP contribution in [-0.4, -0.2) is 28.7 Å². The van der Waals surface area contributed by atoms with E-state index < -0.39 is 15.8 Å². The number of hydrogen-bond donors (Lipinski definition) is 0. The molecule has 0 aliphatic carbocycles. The van der Waals surface area contributed by atoms with E-state index in [-0.39, 0.29) is 18.0 Å². The van der Waals surface area contributed by atoms with E-state index in [1.54, 1.807) is 13.1 Å². The minimum absolute atomic E-state index is 0.0480. The zero-order valence-electron chi connectivity index (χ0n) is 12.6. The third kappa shape index (κ3) is 2.97. The molecule has 120 valence electrons. The molecule has 0 radical (unpaired) electrons. The van der Waals surface area contributed by atoms with Crippen molar-refractivity contribution < 1.29 is 12.8 Å². The van der Waals surface area contributed by atoms with E-state index in [0.717, 1.165) is 17.4 Å². The number of pyridine rings is 1. The summed E-state index contributed by atoms with van der Waals surface area (Å²) in [6.45, 7) is 2.19. The number of benzene rings is 1. The lowest BCUT2D eigenvalue weighted by atomic mass is 10.4. The quantitative estimate of drug-likeness (QED) is 0.721. The normalized spacial score (nSPS) is 12.1. The highest BCUT2D eigenvalue weighted by molar-refractivity contribution is 7.89. The number of aromatic nitrogens is 2. The Morgan fingerprint density at radius 3 is 2.78 bits per heavy atom. The Morgan fingerprint density at radius 2 is 2.04 bits per heavy atom. The molecule has 0 aliphatic heterocycles. The van der Waals surface area contributed by atoms with Gasteiger partial charge in [0.05, 0.1) is 23.3 Å². The summed E-state index contributed by atoms with van der Waals surface area (Å²) in [6, 6.07) is 10.6. The standard InChI is InChI=1S/C16H16FN3O2S/c1-2-19(23(21,22)15-7-5-6-13(17)10-15)12-14-11-18-16-8-3-4-9-20(14)16/h3-11H,2,12H2,1H3. The summed E-state index contributed by atoms with van der Waals surface area (Å²) in [5.41, 5.74) is 1.50. The Kier molecular flexibility index (Phi) is 4.14. The van der Waals surface area contributed by atoms with Gasteiger partial charge in [-0.3, -0.25) is 0 Å². The first-order valence-corrected chi connectivity index (χ1v) is 8.63. The summed E-state index contributed by atoms with van der Waals surface area (Å²) in [5.74, 6) is -0.572. The van der Waals surface area contributed by atoms with Crippen molar-refractivity contribution in [1.29, 1.82) is 0 Å². The fourth-order valence-corrected chi connectivity index (χ4v) is 3.88. The SMILES string of the molecule is CCN(Cc1cnc2ccccn12)S(=O)(=O)c1cccc(F)c1. The first-order chi connectivity index (χ1) is 11.0. The minimum Gasteiger partial charge on any atom is -0.303 e. The van der Waals surface area contributed by atoms with Gasteiger partial charge < -0.3 is 4.40 Å². The Labute approximate surface area is 134 Å². The average molecular weight is 333 g/mol. The molecule has 0 N–H and O–H groups in total. The molecule has 2 aromatic heterocycles. The van der Waals surface area contributed by atoms with Crippen molar-refractivity contribution in [1.82, 2.24) is 13.7 Å². The van der Waals surface area contributed by atoms with Crippen molar-refractivity contribution >= 4 is 15.7 Å². The highest BCUT2D eigenvalue weighted by Crippen LogP contribution is 2.19. The zero-order chi connectivity index (χ0) is 16.4. The van der Waals surface area contributed by atoms with Gasteiger partial charge in [-0.2, -0.15) is 4.31 Å². The van der Waals surface area contributed by atoms with Crippen LogP contribution < -0.4 is 0 Å². The molecule has 23 heavy (non-hydrogen) atoms. The van der Waals surface area contributed by atoms with Crippen LogP contribution in [0.2, 0.25) is 0 Å². The molecule has 1 aromatic carbocycles. The van der Waals surface area contributed by atoms with Crippen LogP contribution in [0, 0.1) is 5.82 Å². The second-order valence-electron chi connectivity index (χ2n) is 5.07. The highest BCUT2D eigenvalue weighted by Gasteiger charge is 2.24. The lowest BCUT2D eigenvalue weighted by Crippen LogP contribution is -2.31. The summed E-state index contributed by atoms with van der Waals surface area (Å²) in [6.07, 6.45) is 3.49. The predicted molar refractivity (Wildman–Crippen MR) is 84.9 cm³/mol. The second kappa shape index (κ2) is 6.10. The van der Waals surface area contributed by atoms with E-state index in [4.69, 9.17) is 0 Å². The summed E-state index contributed by atoms with van der Waals surface area (Å²) in [5, 5.41) is 0. The molecule has 0 saturated carbocycles. The van der Waals surface area contributed by atoms with Gasteiger partial charge in [-0.15, -0.1) is 0 Å². The smallest absolute Gasteiger partial charge is 0.243 e. The molecule has 7 heteroatoms. The van der Waals surface area contributed by atoms with Gasteiger partial charge in [-0.05, 0) is 30.3 Å². The van der Waals surface area contributed by atoms with Crippen molar-refractivity contribution in [2.24, 2.45) is 0 Å². The van der Waals surface area contributed by atoms with Crippen molar-refractivity contribution in [2.75, 3.05) is 6.54 Å². The van der Waals surface area contributed by atoms with E-state index in [9.17, 15) is 12.8 Å². The number of rotatable bonds is 5. The molecular weight excluding hydrogens is 317 g/mol. The Balaban J connectivity index is 1.96. The molecule has 0 unspecified atom stereocenters. The molecule has 3 aromatic rings.